The highest BCUT2D eigenvalue weighted by molar-refractivity contribution is 6.31. The normalized spacial score (nSPS) is 10.2. The molecule has 0 radical (unpaired) electrons. The molecule has 0 unspecified atom stereocenters. The fourth-order valence-corrected chi connectivity index (χ4v) is 2.08. The summed E-state index contributed by atoms with van der Waals surface area (Å²) in [7, 11) is 1.67. The van der Waals surface area contributed by atoms with Gasteiger partial charge in [-0.05, 0) is 36.2 Å². The Morgan fingerprint density at radius 3 is 2.67 bits per heavy atom. The highest BCUT2D eigenvalue weighted by Crippen LogP contribution is 2.25. The smallest absolute Gasteiger partial charge is 0.141 e. The van der Waals surface area contributed by atoms with Crippen LogP contribution < -0.4 is 10.1 Å². The molecular formula is C15H16ClNO. The fraction of sp³-hybridized carbons (Fsp3) is 0.200. The fourth-order valence-electron chi connectivity index (χ4n) is 1.78. The first-order valence-electron chi connectivity index (χ1n) is 5.82. The first-order chi connectivity index (χ1) is 8.70. The summed E-state index contributed by atoms with van der Waals surface area (Å²) in [6.07, 6.45) is 0. The third-order valence-electron chi connectivity index (χ3n) is 2.78. The molecule has 1 N–H and O–H groups in total. The van der Waals surface area contributed by atoms with Crippen LogP contribution in [0.1, 0.15) is 11.1 Å². The van der Waals surface area contributed by atoms with Crippen molar-refractivity contribution in [2.75, 3.05) is 12.4 Å². The minimum absolute atomic E-state index is 0.680. The number of halogens is 1. The molecule has 0 heterocycles. The molecule has 0 fully saturated rings. The number of benzene rings is 2. The molecule has 0 aliphatic heterocycles. The van der Waals surface area contributed by atoms with E-state index in [9.17, 15) is 0 Å². The Hall–Kier alpha value is -1.67. The van der Waals surface area contributed by atoms with Crippen molar-refractivity contribution >= 4 is 17.3 Å². The maximum atomic E-state index is 6.20. The summed E-state index contributed by atoms with van der Waals surface area (Å²) in [5.41, 5.74) is 3.21. The number of rotatable bonds is 4. The number of ether oxygens (including phenoxy) is 1. The van der Waals surface area contributed by atoms with Gasteiger partial charge in [-0.3, -0.25) is 0 Å². The van der Waals surface area contributed by atoms with Crippen LogP contribution in [0.15, 0.2) is 42.5 Å². The molecule has 0 saturated heterocycles. The first kappa shape index (κ1) is 12.8. The van der Waals surface area contributed by atoms with Gasteiger partial charge in [0.25, 0.3) is 0 Å². The lowest BCUT2D eigenvalue weighted by molar-refractivity contribution is 0.416. The molecular weight excluding hydrogens is 246 g/mol. The van der Waals surface area contributed by atoms with Crippen molar-refractivity contribution in [2.45, 2.75) is 13.5 Å². The minimum Gasteiger partial charge on any atom is -0.495 e. The average Bonchev–Trinajstić information content (AvgIpc) is 2.38. The van der Waals surface area contributed by atoms with Crippen molar-refractivity contribution in [3.05, 3.63) is 58.6 Å². The van der Waals surface area contributed by atoms with Crippen LogP contribution in [-0.2, 0) is 6.54 Å². The van der Waals surface area contributed by atoms with Crippen LogP contribution in [0.2, 0.25) is 5.02 Å². The second-order valence-electron chi connectivity index (χ2n) is 4.15. The summed E-state index contributed by atoms with van der Waals surface area (Å²) >= 11 is 6.20. The number of para-hydroxylation sites is 2. The van der Waals surface area contributed by atoms with Crippen molar-refractivity contribution in [3.63, 3.8) is 0 Å². The molecule has 2 aromatic carbocycles. The molecule has 94 valence electrons. The molecule has 18 heavy (non-hydrogen) atoms. The highest BCUT2D eigenvalue weighted by Gasteiger charge is 2.03. The molecule has 2 rings (SSSR count). The third-order valence-corrected chi connectivity index (χ3v) is 3.14. The van der Waals surface area contributed by atoms with Gasteiger partial charge in [0.05, 0.1) is 12.8 Å². The number of aryl methyl sites for hydroxylation is 1. The first-order valence-corrected chi connectivity index (χ1v) is 6.20. The van der Waals surface area contributed by atoms with Crippen molar-refractivity contribution in [3.8, 4) is 5.75 Å². The van der Waals surface area contributed by atoms with Gasteiger partial charge in [0.1, 0.15) is 5.75 Å². The Bertz CT molecular complexity index is 540. The zero-order valence-corrected chi connectivity index (χ0v) is 11.3. The summed E-state index contributed by atoms with van der Waals surface area (Å²) in [5, 5.41) is 4.12. The summed E-state index contributed by atoms with van der Waals surface area (Å²) in [5.74, 6) is 0.834. The van der Waals surface area contributed by atoms with Gasteiger partial charge in [0.15, 0.2) is 0 Å². The second kappa shape index (κ2) is 5.78. The molecule has 0 aliphatic rings. The highest BCUT2D eigenvalue weighted by atomic mass is 35.5. The van der Waals surface area contributed by atoms with Crippen molar-refractivity contribution < 1.29 is 4.74 Å². The monoisotopic (exact) mass is 261 g/mol. The topological polar surface area (TPSA) is 21.3 Å². The van der Waals surface area contributed by atoms with Crippen molar-refractivity contribution in [1.82, 2.24) is 0 Å². The van der Waals surface area contributed by atoms with E-state index in [1.807, 2.05) is 43.3 Å². The average molecular weight is 262 g/mol. The van der Waals surface area contributed by atoms with Gasteiger partial charge in [-0.25, -0.2) is 0 Å². The Morgan fingerprint density at radius 2 is 1.94 bits per heavy atom. The van der Waals surface area contributed by atoms with E-state index in [1.54, 1.807) is 7.11 Å². The number of methoxy groups -OCH3 is 1. The van der Waals surface area contributed by atoms with Gasteiger partial charge in [0.2, 0.25) is 0 Å². The Labute approximate surface area is 113 Å². The number of hydrogen-bond acceptors (Lipinski definition) is 2. The van der Waals surface area contributed by atoms with Crippen molar-refractivity contribution in [2.24, 2.45) is 0 Å². The molecule has 2 nitrogen and oxygen atoms in total. The molecule has 0 atom stereocenters. The summed E-state index contributed by atoms with van der Waals surface area (Å²) in [6.45, 7) is 2.71. The standard InChI is InChI=1S/C15H16ClNO/c1-11-7-8-12(13(16)9-11)10-17-14-5-3-4-6-15(14)18-2/h3-9,17H,10H2,1-2H3. The quantitative estimate of drug-likeness (QED) is 0.888. The summed E-state index contributed by atoms with van der Waals surface area (Å²) in [4.78, 5) is 0. The van der Waals surface area contributed by atoms with Gasteiger partial charge in [-0.2, -0.15) is 0 Å². The zero-order chi connectivity index (χ0) is 13.0. The zero-order valence-electron chi connectivity index (χ0n) is 10.5. The maximum absolute atomic E-state index is 6.20. The van der Waals surface area contributed by atoms with Gasteiger partial charge in [0, 0.05) is 11.6 Å². The number of nitrogens with one attached hydrogen (secondary N) is 1. The van der Waals surface area contributed by atoms with E-state index in [0.717, 1.165) is 22.0 Å². The van der Waals surface area contributed by atoms with E-state index >= 15 is 0 Å². The summed E-state index contributed by atoms with van der Waals surface area (Å²) < 4.78 is 5.29. The van der Waals surface area contributed by atoms with Gasteiger partial charge >= 0.3 is 0 Å². The van der Waals surface area contributed by atoms with E-state index in [2.05, 4.69) is 11.4 Å². The maximum Gasteiger partial charge on any atom is 0.141 e. The van der Waals surface area contributed by atoms with Crippen LogP contribution in [0.25, 0.3) is 0 Å². The lowest BCUT2D eigenvalue weighted by atomic mass is 10.1. The number of anilines is 1. The van der Waals surface area contributed by atoms with E-state index in [4.69, 9.17) is 16.3 Å². The molecule has 2 aromatic rings. The van der Waals surface area contributed by atoms with Gasteiger partial charge < -0.3 is 10.1 Å². The van der Waals surface area contributed by atoms with Crippen molar-refractivity contribution in [1.29, 1.82) is 0 Å². The molecule has 0 spiro atoms. The minimum atomic E-state index is 0.680. The van der Waals surface area contributed by atoms with Gasteiger partial charge in [-0.15, -0.1) is 0 Å². The Kier molecular flexibility index (Phi) is 4.11. The lowest BCUT2D eigenvalue weighted by Crippen LogP contribution is -2.01. The van der Waals surface area contributed by atoms with Gasteiger partial charge in [-0.1, -0.05) is 35.9 Å². The number of hydrogen-bond donors (Lipinski definition) is 1. The Morgan fingerprint density at radius 1 is 1.17 bits per heavy atom. The molecule has 0 aliphatic carbocycles. The van der Waals surface area contributed by atoms with E-state index in [1.165, 1.54) is 5.56 Å². The predicted molar refractivity (Wildman–Crippen MR) is 76.5 cm³/mol. The van der Waals surface area contributed by atoms with Crippen LogP contribution in [0, 0.1) is 6.92 Å². The van der Waals surface area contributed by atoms with Crippen LogP contribution in [0.4, 0.5) is 5.69 Å². The van der Waals surface area contributed by atoms with Crippen LogP contribution in [0.3, 0.4) is 0 Å². The third kappa shape index (κ3) is 2.96. The predicted octanol–water partition coefficient (Wildman–Crippen LogP) is 4.27. The SMILES string of the molecule is COc1ccccc1NCc1ccc(C)cc1Cl. The van der Waals surface area contributed by atoms with Crippen LogP contribution >= 0.6 is 11.6 Å². The summed E-state index contributed by atoms with van der Waals surface area (Å²) in [6, 6.07) is 13.9. The molecule has 0 saturated carbocycles. The van der Waals surface area contributed by atoms with E-state index in [0.29, 0.717) is 6.54 Å². The lowest BCUT2D eigenvalue weighted by Gasteiger charge is -2.12. The van der Waals surface area contributed by atoms with Crippen LogP contribution in [0.5, 0.6) is 5.75 Å². The molecule has 0 bridgehead atoms. The van der Waals surface area contributed by atoms with Crippen LogP contribution in [-0.4, -0.2) is 7.11 Å². The largest absolute Gasteiger partial charge is 0.495 e. The molecule has 0 aromatic heterocycles. The molecule has 3 heteroatoms. The molecule has 0 amide bonds. The second-order valence-corrected chi connectivity index (χ2v) is 4.56. The van der Waals surface area contributed by atoms with E-state index in [-0.39, 0.29) is 0 Å². The van der Waals surface area contributed by atoms with E-state index < -0.39 is 0 Å². The Balaban J connectivity index is 2.11.